The van der Waals surface area contributed by atoms with E-state index in [1.807, 2.05) is 36.1 Å². The van der Waals surface area contributed by atoms with Crippen LogP contribution in [0, 0.1) is 12.8 Å². The maximum absolute atomic E-state index is 13.5. The van der Waals surface area contributed by atoms with Gasteiger partial charge >= 0.3 is 0 Å². The van der Waals surface area contributed by atoms with E-state index < -0.39 is 6.04 Å². The highest BCUT2D eigenvalue weighted by molar-refractivity contribution is 5.98. The van der Waals surface area contributed by atoms with Crippen molar-refractivity contribution in [1.29, 1.82) is 0 Å². The van der Waals surface area contributed by atoms with Gasteiger partial charge in [0.1, 0.15) is 6.04 Å². The first-order chi connectivity index (χ1) is 15.0. The molecule has 166 valence electrons. The van der Waals surface area contributed by atoms with Crippen molar-refractivity contribution in [3.63, 3.8) is 0 Å². The van der Waals surface area contributed by atoms with E-state index in [-0.39, 0.29) is 29.7 Å². The van der Waals surface area contributed by atoms with Gasteiger partial charge in [0, 0.05) is 50.2 Å². The van der Waals surface area contributed by atoms with Gasteiger partial charge in [0.25, 0.3) is 5.91 Å². The molecule has 7 heteroatoms. The average molecular weight is 425 g/mol. The van der Waals surface area contributed by atoms with Crippen LogP contribution in [0.15, 0.2) is 24.3 Å². The highest BCUT2D eigenvalue weighted by Crippen LogP contribution is 2.40. The molecule has 1 aromatic rings. The summed E-state index contributed by atoms with van der Waals surface area (Å²) in [5.41, 5.74) is 1.70. The molecule has 2 aliphatic heterocycles. The normalized spacial score (nSPS) is 26.1. The minimum absolute atomic E-state index is 0.0269. The summed E-state index contributed by atoms with van der Waals surface area (Å²) in [6, 6.07) is 7.28. The lowest BCUT2D eigenvalue weighted by Gasteiger charge is -2.32. The van der Waals surface area contributed by atoms with Gasteiger partial charge in [-0.25, -0.2) is 0 Å². The van der Waals surface area contributed by atoms with Gasteiger partial charge in [0.2, 0.25) is 11.8 Å². The van der Waals surface area contributed by atoms with E-state index in [4.69, 9.17) is 0 Å². The van der Waals surface area contributed by atoms with Gasteiger partial charge in [-0.3, -0.25) is 14.4 Å². The van der Waals surface area contributed by atoms with E-state index in [1.54, 1.807) is 4.90 Å². The molecule has 3 amide bonds. The molecule has 0 radical (unpaired) electrons. The van der Waals surface area contributed by atoms with Gasteiger partial charge in [0.05, 0.1) is 6.04 Å². The lowest BCUT2D eigenvalue weighted by Crippen LogP contribution is -2.53. The first-order valence-electron chi connectivity index (χ1n) is 11.7. The van der Waals surface area contributed by atoms with E-state index in [1.165, 1.54) is 0 Å². The smallest absolute Gasteiger partial charge is 0.254 e. The van der Waals surface area contributed by atoms with Crippen LogP contribution >= 0.6 is 0 Å². The van der Waals surface area contributed by atoms with Crippen LogP contribution in [-0.2, 0) is 9.59 Å². The Labute approximate surface area is 183 Å². The molecule has 2 unspecified atom stereocenters. The van der Waals surface area contributed by atoms with Gasteiger partial charge < -0.3 is 20.0 Å². The number of hydrogen-bond acceptors (Lipinski definition) is 4. The van der Waals surface area contributed by atoms with Crippen molar-refractivity contribution < 1.29 is 14.4 Å². The maximum atomic E-state index is 13.5. The molecule has 1 N–H and O–H groups in total. The van der Waals surface area contributed by atoms with Crippen molar-refractivity contribution in [3.8, 4) is 0 Å². The fraction of sp³-hybridized carbons (Fsp3) is 0.625. The number of carbonyl (C=O) groups is 3. The van der Waals surface area contributed by atoms with Crippen LogP contribution in [0.25, 0.3) is 0 Å². The second kappa shape index (κ2) is 8.26. The molecular formula is C24H32N4O3. The van der Waals surface area contributed by atoms with E-state index >= 15 is 0 Å². The van der Waals surface area contributed by atoms with Crippen LogP contribution in [-0.4, -0.2) is 83.3 Å². The van der Waals surface area contributed by atoms with Crippen molar-refractivity contribution in [3.05, 3.63) is 35.4 Å². The number of carbonyl (C=O) groups excluding carboxylic acids is 3. The van der Waals surface area contributed by atoms with Crippen LogP contribution in [0.4, 0.5) is 0 Å². The van der Waals surface area contributed by atoms with E-state index in [0.29, 0.717) is 37.7 Å². The second-order valence-corrected chi connectivity index (χ2v) is 9.56. The maximum Gasteiger partial charge on any atom is 0.254 e. The molecule has 2 saturated carbocycles. The second-order valence-electron chi connectivity index (χ2n) is 9.56. The number of benzene rings is 1. The number of piperazine rings is 1. The van der Waals surface area contributed by atoms with E-state index in [9.17, 15) is 14.4 Å². The zero-order valence-electron chi connectivity index (χ0n) is 18.3. The molecule has 0 bridgehead atoms. The van der Waals surface area contributed by atoms with Crippen molar-refractivity contribution in [1.82, 2.24) is 20.0 Å². The Balaban J connectivity index is 1.40. The molecule has 0 aromatic heterocycles. The fourth-order valence-corrected chi connectivity index (χ4v) is 4.98. The first kappa shape index (κ1) is 20.5. The number of rotatable bonds is 5. The molecule has 4 aliphatic rings. The summed E-state index contributed by atoms with van der Waals surface area (Å²) in [5, 5.41) is 3.28. The predicted octanol–water partition coefficient (Wildman–Crippen LogP) is 1.41. The quantitative estimate of drug-likeness (QED) is 0.776. The third-order valence-electron chi connectivity index (χ3n) is 7.07. The molecule has 1 aromatic carbocycles. The monoisotopic (exact) mass is 424 g/mol. The molecule has 4 fully saturated rings. The molecule has 2 aliphatic carbocycles. The summed E-state index contributed by atoms with van der Waals surface area (Å²) < 4.78 is 0. The molecule has 0 spiro atoms. The lowest BCUT2D eigenvalue weighted by atomic mass is 10.1. The largest absolute Gasteiger partial charge is 0.338 e. The van der Waals surface area contributed by atoms with Crippen LogP contribution in [0.1, 0.15) is 48.0 Å². The Bertz CT molecular complexity index is 856. The Morgan fingerprint density at radius 1 is 0.968 bits per heavy atom. The zero-order valence-corrected chi connectivity index (χ0v) is 18.3. The molecule has 31 heavy (non-hydrogen) atoms. The van der Waals surface area contributed by atoms with Crippen molar-refractivity contribution in [2.45, 2.75) is 57.2 Å². The van der Waals surface area contributed by atoms with Gasteiger partial charge in [-0.1, -0.05) is 17.7 Å². The SMILES string of the molecule is Cc1ccc(C(=O)N2CC(N(C(=O)C3CC3)C3CC3)CC2C(=O)N2CCNCC2)cc1. The first-order valence-corrected chi connectivity index (χ1v) is 11.7. The number of likely N-dealkylation sites (tertiary alicyclic amines) is 1. The molecular weight excluding hydrogens is 392 g/mol. The summed E-state index contributed by atoms with van der Waals surface area (Å²) in [6.07, 6.45) is 4.58. The van der Waals surface area contributed by atoms with Crippen LogP contribution < -0.4 is 5.32 Å². The minimum Gasteiger partial charge on any atom is -0.338 e. The Kier molecular flexibility index (Phi) is 5.46. The highest BCUT2D eigenvalue weighted by atomic mass is 16.2. The summed E-state index contributed by atoms with van der Waals surface area (Å²) in [5.74, 6) is 0.319. The standard InChI is InChI=1S/C24H32N4O3/c1-16-2-4-17(5-3-16)22(29)27-15-20(28(19-8-9-19)23(30)18-6-7-18)14-21(27)24(31)26-12-10-25-11-13-26/h2-5,18-21,25H,6-15H2,1H3. The van der Waals surface area contributed by atoms with E-state index in [2.05, 4.69) is 10.2 Å². The molecule has 7 nitrogen and oxygen atoms in total. The predicted molar refractivity (Wildman–Crippen MR) is 116 cm³/mol. The molecule has 2 saturated heterocycles. The molecule has 5 rings (SSSR count). The Hall–Kier alpha value is -2.41. The molecule has 2 heterocycles. The van der Waals surface area contributed by atoms with Crippen LogP contribution in [0.3, 0.4) is 0 Å². The van der Waals surface area contributed by atoms with Gasteiger partial charge in [0.15, 0.2) is 0 Å². The summed E-state index contributed by atoms with van der Waals surface area (Å²) >= 11 is 0. The number of amides is 3. The van der Waals surface area contributed by atoms with Crippen LogP contribution in [0.5, 0.6) is 0 Å². The van der Waals surface area contributed by atoms with Gasteiger partial charge in [-0.2, -0.15) is 0 Å². The number of nitrogens with zero attached hydrogens (tertiary/aromatic N) is 3. The third kappa shape index (κ3) is 4.20. The summed E-state index contributed by atoms with van der Waals surface area (Å²) in [4.78, 5) is 45.7. The van der Waals surface area contributed by atoms with Crippen molar-refractivity contribution in [2.75, 3.05) is 32.7 Å². The molecule has 2 atom stereocenters. The van der Waals surface area contributed by atoms with Crippen molar-refractivity contribution >= 4 is 17.7 Å². The fourth-order valence-electron chi connectivity index (χ4n) is 4.98. The number of aryl methyl sites for hydroxylation is 1. The summed E-state index contributed by atoms with van der Waals surface area (Å²) in [7, 11) is 0. The van der Waals surface area contributed by atoms with E-state index in [0.717, 1.165) is 44.3 Å². The topological polar surface area (TPSA) is 73.0 Å². The van der Waals surface area contributed by atoms with Gasteiger partial charge in [-0.05, 0) is 51.2 Å². The number of nitrogens with one attached hydrogen (secondary N) is 1. The minimum atomic E-state index is -0.495. The van der Waals surface area contributed by atoms with Crippen molar-refractivity contribution in [2.24, 2.45) is 5.92 Å². The van der Waals surface area contributed by atoms with Gasteiger partial charge in [-0.15, -0.1) is 0 Å². The van der Waals surface area contributed by atoms with Crippen LogP contribution in [0.2, 0.25) is 0 Å². The highest BCUT2D eigenvalue weighted by Gasteiger charge is 2.49. The Morgan fingerprint density at radius 3 is 2.26 bits per heavy atom. The lowest BCUT2D eigenvalue weighted by molar-refractivity contribution is -0.137. The zero-order chi connectivity index (χ0) is 21.5. The average Bonchev–Trinajstić information content (AvgIpc) is 3.72. The third-order valence-corrected chi connectivity index (χ3v) is 7.07. The summed E-state index contributed by atoms with van der Waals surface area (Å²) in [6.45, 7) is 5.34. The Morgan fingerprint density at radius 2 is 1.65 bits per heavy atom. The number of hydrogen-bond donors (Lipinski definition) is 1.